The Hall–Kier alpha value is -1.58. The van der Waals surface area contributed by atoms with Gasteiger partial charge in [0.05, 0.1) is 0 Å². The Morgan fingerprint density at radius 1 is 1.42 bits per heavy atom. The highest BCUT2D eigenvalue weighted by molar-refractivity contribution is 5.92. The predicted molar refractivity (Wildman–Crippen MR) is 77.3 cm³/mol. The minimum atomic E-state index is -0.0627. The Balaban J connectivity index is 1.95. The van der Waals surface area contributed by atoms with Crippen LogP contribution in [0.25, 0.3) is 0 Å². The lowest BCUT2D eigenvalue weighted by Crippen LogP contribution is -2.35. The second-order valence-electron chi connectivity index (χ2n) is 5.20. The van der Waals surface area contributed by atoms with Crippen LogP contribution in [0.2, 0.25) is 0 Å². The Morgan fingerprint density at radius 3 is 2.84 bits per heavy atom. The average molecular weight is 261 g/mol. The van der Waals surface area contributed by atoms with Crippen molar-refractivity contribution in [3.05, 3.63) is 23.9 Å². The molecule has 1 aromatic rings. The van der Waals surface area contributed by atoms with Gasteiger partial charge in [0, 0.05) is 12.6 Å². The van der Waals surface area contributed by atoms with Crippen molar-refractivity contribution in [1.82, 2.24) is 10.3 Å². The molecule has 1 amide bonds. The van der Waals surface area contributed by atoms with Crippen LogP contribution in [-0.2, 0) is 0 Å². The number of rotatable bonds is 7. The zero-order valence-corrected chi connectivity index (χ0v) is 11.8. The number of hydrogen-bond acceptors (Lipinski definition) is 3. The molecule has 4 nitrogen and oxygen atoms in total. The molecule has 0 radical (unpaired) electrons. The highest BCUT2D eigenvalue weighted by atomic mass is 16.1. The van der Waals surface area contributed by atoms with E-state index >= 15 is 0 Å². The van der Waals surface area contributed by atoms with Gasteiger partial charge in [-0.3, -0.25) is 4.79 Å². The van der Waals surface area contributed by atoms with Crippen LogP contribution in [-0.4, -0.2) is 23.5 Å². The Labute approximate surface area is 115 Å². The van der Waals surface area contributed by atoms with E-state index < -0.39 is 0 Å². The molecule has 1 fully saturated rings. The molecule has 4 heteroatoms. The lowest BCUT2D eigenvalue weighted by atomic mass is 10.1. The fraction of sp³-hybridized carbons (Fsp3) is 0.600. The van der Waals surface area contributed by atoms with Crippen molar-refractivity contribution in [3.8, 4) is 0 Å². The number of anilines is 1. The number of carbonyl (C=O) groups excluding carboxylic acids is 1. The van der Waals surface area contributed by atoms with Crippen LogP contribution in [0.1, 0.15) is 50.0 Å². The zero-order valence-electron chi connectivity index (χ0n) is 11.8. The summed E-state index contributed by atoms with van der Waals surface area (Å²) in [5.41, 5.74) is 0.493. The minimum absolute atomic E-state index is 0.0627. The van der Waals surface area contributed by atoms with E-state index in [0.29, 0.717) is 5.69 Å². The fourth-order valence-corrected chi connectivity index (χ4v) is 2.18. The minimum Gasteiger partial charge on any atom is -0.370 e. The van der Waals surface area contributed by atoms with Crippen molar-refractivity contribution in [2.75, 3.05) is 11.9 Å². The molecule has 104 valence electrons. The highest BCUT2D eigenvalue weighted by Crippen LogP contribution is 2.34. The molecule has 1 unspecified atom stereocenters. The second kappa shape index (κ2) is 6.55. The van der Waals surface area contributed by atoms with Gasteiger partial charge in [-0.15, -0.1) is 0 Å². The molecule has 0 aliphatic heterocycles. The van der Waals surface area contributed by atoms with E-state index in [1.807, 2.05) is 19.1 Å². The van der Waals surface area contributed by atoms with Gasteiger partial charge >= 0.3 is 0 Å². The summed E-state index contributed by atoms with van der Waals surface area (Å²) in [5, 5.41) is 6.22. The van der Waals surface area contributed by atoms with E-state index in [-0.39, 0.29) is 11.9 Å². The summed E-state index contributed by atoms with van der Waals surface area (Å²) in [6, 6.07) is 5.79. The third-order valence-corrected chi connectivity index (χ3v) is 3.48. The van der Waals surface area contributed by atoms with Gasteiger partial charge in [0.1, 0.15) is 11.5 Å². The van der Waals surface area contributed by atoms with Gasteiger partial charge in [0.2, 0.25) is 0 Å². The normalized spacial score (nSPS) is 15.9. The maximum atomic E-state index is 12.2. The number of aromatic nitrogens is 1. The molecular weight excluding hydrogens is 238 g/mol. The first-order valence-corrected chi connectivity index (χ1v) is 7.24. The van der Waals surface area contributed by atoms with Gasteiger partial charge in [-0.25, -0.2) is 4.98 Å². The Morgan fingerprint density at radius 2 is 2.21 bits per heavy atom. The molecular formula is C15H23N3O. The third kappa shape index (κ3) is 4.23. The monoisotopic (exact) mass is 261 g/mol. The lowest BCUT2D eigenvalue weighted by Gasteiger charge is -2.16. The van der Waals surface area contributed by atoms with E-state index in [9.17, 15) is 4.79 Å². The molecule has 1 saturated carbocycles. The number of amides is 1. The van der Waals surface area contributed by atoms with Crippen LogP contribution < -0.4 is 10.6 Å². The largest absolute Gasteiger partial charge is 0.370 e. The zero-order chi connectivity index (χ0) is 13.7. The van der Waals surface area contributed by atoms with E-state index in [1.165, 1.54) is 12.8 Å². The predicted octanol–water partition coefficient (Wildman–Crippen LogP) is 2.82. The summed E-state index contributed by atoms with van der Waals surface area (Å²) in [4.78, 5) is 16.5. The quantitative estimate of drug-likeness (QED) is 0.793. The van der Waals surface area contributed by atoms with Crippen molar-refractivity contribution < 1.29 is 4.79 Å². The molecule has 0 aromatic carbocycles. The summed E-state index contributed by atoms with van der Waals surface area (Å²) >= 11 is 0. The molecule has 2 N–H and O–H groups in total. The van der Waals surface area contributed by atoms with Gasteiger partial charge in [-0.1, -0.05) is 25.8 Å². The van der Waals surface area contributed by atoms with Gasteiger partial charge in [0.15, 0.2) is 0 Å². The van der Waals surface area contributed by atoms with Crippen LogP contribution in [0.15, 0.2) is 18.2 Å². The molecule has 1 aromatic heterocycles. The van der Waals surface area contributed by atoms with E-state index in [4.69, 9.17) is 0 Å². The van der Waals surface area contributed by atoms with Gasteiger partial charge in [-0.2, -0.15) is 0 Å². The molecule has 0 saturated heterocycles. The molecule has 1 atom stereocenters. The molecule has 1 aliphatic rings. The number of nitrogens with one attached hydrogen (secondary N) is 2. The first-order chi connectivity index (χ1) is 9.22. The fourth-order valence-electron chi connectivity index (χ4n) is 2.18. The Bertz CT molecular complexity index is 429. The summed E-state index contributed by atoms with van der Waals surface area (Å²) < 4.78 is 0. The van der Waals surface area contributed by atoms with Crippen molar-refractivity contribution in [3.63, 3.8) is 0 Å². The van der Waals surface area contributed by atoms with Crippen molar-refractivity contribution in [1.29, 1.82) is 0 Å². The third-order valence-electron chi connectivity index (χ3n) is 3.48. The number of carbonyl (C=O) groups is 1. The molecule has 1 heterocycles. The molecule has 2 rings (SSSR count). The molecule has 19 heavy (non-hydrogen) atoms. The van der Waals surface area contributed by atoms with Crippen molar-refractivity contribution in [2.45, 2.75) is 45.6 Å². The topological polar surface area (TPSA) is 54.0 Å². The van der Waals surface area contributed by atoms with E-state index in [0.717, 1.165) is 31.1 Å². The van der Waals surface area contributed by atoms with Crippen LogP contribution in [0.3, 0.4) is 0 Å². The van der Waals surface area contributed by atoms with E-state index in [1.54, 1.807) is 6.07 Å². The van der Waals surface area contributed by atoms with Crippen LogP contribution in [0.4, 0.5) is 5.82 Å². The van der Waals surface area contributed by atoms with Crippen molar-refractivity contribution >= 4 is 11.7 Å². The lowest BCUT2D eigenvalue weighted by molar-refractivity contribution is 0.0928. The van der Waals surface area contributed by atoms with Crippen molar-refractivity contribution in [2.24, 2.45) is 5.92 Å². The SMILES string of the molecule is CCNc1cccc(C(=O)NC(CC)CC2CC2)n1. The maximum Gasteiger partial charge on any atom is 0.270 e. The molecule has 0 spiro atoms. The number of nitrogens with zero attached hydrogens (tertiary/aromatic N) is 1. The van der Waals surface area contributed by atoms with Crippen LogP contribution in [0, 0.1) is 5.92 Å². The highest BCUT2D eigenvalue weighted by Gasteiger charge is 2.25. The summed E-state index contributed by atoms with van der Waals surface area (Å²) in [6.45, 7) is 4.93. The second-order valence-corrected chi connectivity index (χ2v) is 5.20. The molecule has 0 bridgehead atoms. The standard InChI is InChI=1S/C15H23N3O/c1-3-12(10-11-8-9-11)17-15(19)13-6-5-7-14(18-13)16-4-2/h5-7,11-12H,3-4,8-10H2,1-2H3,(H,16,18)(H,17,19). The van der Waals surface area contributed by atoms with Gasteiger partial charge in [0.25, 0.3) is 5.91 Å². The summed E-state index contributed by atoms with van der Waals surface area (Å²) in [6.07, 6.45) is 4.73. The van der Waals surface area contributed by atoms with Gasteiger partial charge in [-0.05, 0) is 37.8 Å². The maximum absolute atomic E-state index is 12.2. The Kier molecular flexibility index (Phi) is 4.77. The number of pyridine rings is 1. The van der Waals surface area contributed by atoms with Crippen LogP contribution >= 0.6 is 0 Å². The number of hydrogen-bond donors (Lipinski definition) is 2. The van der Waals surface area contributed by atoms with Crippen LogP contribution in [0.5, 0.6) is 0 Å². The summed E-state index contributed by atoms with van der Waals surface area (Å²) in [7, 11) is 0. The average Bonchev–Trinajstić information content (AvgIpc) is 3.22. The molecule has 1 aliphatic carbocycles. The summed E-state index contributed by atoms with van der Waals surface area (Å²) in [5.74, 6) is 1.52. The first-order valence-electron chi connectivity index (χ1n) is 7.24. The smallest absolute Gasteiger partial charge is 0.270 e. The van der Waals surface area contributed by atoms with Gasteiger partial charge < -0.3 is 10.6 Å². The van der Waals surface area contributed by atoms with E-state index in [2.05, 4.69) is 22.5 Å². The first kappa shape index (κ1) is 13.8.